The van der Waals surface area contributed by atoms with Crippen LogP contribution in [0.3, 0.4) is 0 Å². The summed E-state index contributed by atoms with van der Waals surface area (Å²) in [5.74, 6) is -1.80. The minimum atomic E-state index is -4.64. The van der Waals surface area contributed by atoms with E-state index in [2.05, 4.69) is 10.2 Å². The largest absolute Gasteiger partial charge is 0.505 e. The van der Waals surface area contributed by atoms with Crippen molar-refractivity contribution in [3.8, 4) is 11.5 Å². The molecule has 0 bridgehead atoms. The molecule has 10 heteroatoms. The number of aromatic carboxylic acids is 1. The number of carboxylic acid groups (broad SMARTS) is 1. The first kappa shape index (κ1) is 19.3. The molecule has 0 heterocycles. The van der Waals surface area contributed by atoms with Gasteiger partial charge in [0.2, 0.25) is 0 Å². The molecule has 3 N–H and O–H groups in total. The fourth-order valence-electron chi connectivity index (χ4n) is 2.60. The third-order valence-electron chi connectivity index (χ3n) is 3.93. The first-order valence-corrected chi connectivity index (χ1v) is 9.21. The molecule has 0 spiro atoms. The van der Waals surface area contributed by atoms with Crippen LogP contribution >= 0.6 is 0 Å². The van der Waals surface area contributed by atoms with Crippen LogP contribution in [0.2, 0.25) is 0 Å². The molecule has 0 saturated heterocycles. The van der Waals surface area contributed by atoms with E-state index < -0.39 is 26.7 Å². The normalized spacial score (nSPS) is 11.8. The molecule has 0 radical (unpaired) electrons. The van der Waals surface area contributed by atoms with Gasteiger partial charge in [-0.05, 0) is 23.6 Å². The Balaban J connectivity index is 2.22. The molecule has 0 saturated carbocycles. The van der Waals surface area contributed by atoms with Gasteiger partial charge in [0, 0.05) is 11.5 Å². The average Bonchev–Trinajstić information content (AvgIpc) is 2.65. The monoisotopic (exact) mass is 402 g/mol. The first-order valence-electron chi connectivity index (χ1n) is 7.77. The van der Waals surface area contributed by atoms with Gasteiger partial charge in [-0.25, -0.2) is 4.79 Å². The van der Waals surface area contributed by atoms with Crippen LogP contribution in [-0.2, 0) is 10.1 Å². The summed E-state index contributed by atoms with van der Waals surface area (Å²) in [5, 5.41) is 28.2. The quantitative estimate of drug-likeness (QED) is 0.433. The summed E-state index contributed by atoms with van der Waals surface area (Å²) in [6.07, 6.45) is 0. The van der Waals surface area contributed by atoms with Crippen molar-refractivity contribution < 1.29 is 32.7 Å². The maximum absolute atomic E-state index is 11.6. The summed E-state index contributed by atoms with van der Waals surface area (Å²) >= 11 is 0. The third-order valence-corrected chi connectivity index (χ3v) is 4.81. The summed E-state index contributed by atoms with van der Waals surface area (Å²) in [5.41, 5.74) is -0.738. The second-order valence-electron chi connectivity index (χ2n) is 5.66. The molecule has 144 valence electrons. The number of methoxy groups -OCH3 is 1. The van der Waals surface area contributed by atoms with Crippen molar-refractivity contribution in [1.29, 1.82) is 0 Å². The average molecular weight is 402 g/mol. The molecule has 0 aromatic heterocycles. The maximum Gasteiger partial charge on any atom is 0.339 e. The number of carboxylic acids is 1. The Labute approximate surface area is 159 Å². The van der Waals surface area contributed by atoms with E-state index >= 15 is 0 Å². The van der Waals surface area contributed by atoms with Crippen LogP contribution < -0.4 is 4.74 Å². The summed E-state index contributed by atoms with van der Waals surface area (Å²) in [6, 6.07) is 11.6. The standard InChI is InChI=1S/C18H14N2O7S/c1-27-11-6-7-14(15(9-11)28(24,25)26)19-20-16-12-5-3-2-4-10(12)8-13(17(16)21)18(22)23/h2-9,21H,1H3,(H,22,23)(H,24,25,26). The number of hydrogen-bond donors (Lipinski definition) is 3. The number of ether oxygens (including phenoxy) is 1. The summed E-state index contributed by atoms with van der Waals surface area (Å²) < 4.78 is 37.6. The van der Waals surface area contributed by atoms with E-state index in [1.54, 1.807) is 24.3 Å². The minimum absolute atomic E-state index is 0.146. The zero-order valence-corrected chi connectivity index (χ0v) is 15.2. The number of aromatic hydroxyl groups is 1. The number of nitrogens with zero attached hydrogens (tertiary/aromatic N) is 2. The van der Waals surface area contributed by atoms with Gasteiger partial charge in [-0.1, -0.05) is 24.3 Å². The van der Waals surface area contributed by atoms with Crippen LogP contribution in [0.4, 0.5) is 11.4 Å². The van der Waals surface area contributed by atoms with Gasteiger partial charge in [0.1, 0.15) is 27.6 Å². The Kier molecular flexibility index (Phi) is 4.99. The van der Waals surface area contributed by atoms with Crippen molar-refractivity contribution >= 4 is 38.2 Å². The molecule has 0 aliphatic heterocycles. The van der Waals surface area contributed by atoms with Crippen molar-refractivity contribution in [1.82, 2.24) is 0 Å². The smallest absolute Gasteiger partial charge is 0.339 e. The fraction of sp³-hybridized carbons (Fsp3) is 0.0556. The molecule has 0 aliphatic rings. The lowest BCUT2D eigenvalue weighted by Gasteiger charge is -2.08. The number of rotatable bonds is 5. The number of phenols is 1. The van der Waals surface area contributed by atoms with E-state index in [4.69, 9.17) is 4.74 Å². The molecular formula is C18H14N2O7S. The van der Waals surface area contributed by atoms with Crippen LogP contribution in [0.15, 0.2) is 63.7 Å². The molecule has 0 atom stereocenters. The van der Waals surface area contributed by atoms with Gasteiger partial charge in [-0.3, -0.25) is 4.55 Å². The van der Waals surface area contributed by atoms with Crippen LogP contribution in [0, 0.1) is 0 Å². The van der Waals surface area contributed by atoms with Gasteiger partial charge >= 0.3 is 5.97 Å². The molecule has 3 aromatic carbocycles. The van der Waals surface area contributed by atoms with Gasteiger partial charge in [-0.2, -0.15) is 8.42 Å². The highest BCUT2D eigenvalue weighted by Gasteiger charge is 2.19. The highest BCUT2D eigenvalue weighted by Crippen LogP contribution is 2.40. The Bertz CT molecular complexity index is 1220. The predicted molar refractivity (Wildman–Crippen MR) is 99.6 cm³/mol. The van der Waals surface area contributed by atoms with Gasteiger partial charge in [0.05, 0.1) is 7.11 Å². The van der Waals surface area contributed by atoms with Crippen LogP contribution in [0.5, 0.6) is 11.5 Å². The van der Waals surface area contributed by atoms with Crippen molar-refractivity contribution in [2.75, 3.05) is 7.11 Å². The van der Waals surface area contributed by atoms with Crippen molar-refractivity contribution in [3.63, 3.8) is 0 Å². The van der Waals surface area contributed by atoms with Crippen molar-refractivity contribution in [2.45, 2.75) is 4.90 Å². The topological polar surface area (TPSA) is 146 Å². The SMILES string of the molecule is COc1ccc(N=Nc2c(O)c(C(=O)O)cc3ccccc23)c(S(=O)(=O)O)c1. The number of carbonyl (C=O) groups is 1. The Morgan fingerprint density at radius 1 is 1.07 bits per heavy atom. The lowest BCUT2D eigenvalue weighted by molar-refractivity contribution is 0.0694. The third kappa shape index (κ3) is 3.63. The summed E-state index contributed by atoms with van der Waals surface area (Å²) in [6.45, 7) is 0. The molecule has 0 fully saturated rings. The Morgan fingerprint density at radius 3 is 2.43 bits per heavy atom. The lowest BCUT2D eigenvalue weighted by Crippen LogP contribution is -1.99. The zero-order chi connectivity index (χ0) is 20.5. The van der Waals surface area contributed by atoms with E-state index in [9.17, 15) is 28.0 Å². The molecule has 0 amide bonds. The number of fused-ring (bicyclic) bond motifs is 1. The van der Waals surface area contributed by atoms with Crippen LogP contribution in [0.25, 0.3) is 10.8 Å². The minimum Gasteiger partial charge on any atom is -0.505 e. The van der Waals surface area contributed by atoms with E-state index in [-0.39, 0.29) is 22.7 Å². The van der Waals surface area contributed by atoms with Crippen molar-refractivity contribution in [2.24, 2.45) is 10.2 Å². The highest BCUT2D eigenvalue weighted by molar-refractivity contribution is 7.86. The van der Waals surface area contributed by atoms with E-state index in [0.717, 1.165) is 6.07 Å². The first-order chi connectivity index (χ1) is 13.2. The van der Waals surface area contributed by atoms with Gasteiger partial charge in [-0.15, -0.1) is 10.2 Å². The molecule has 28 heavy (non-hydrogen) atoms. The fourth-order valence-corrected chi connectivity index (χ4v) is 3.23. The second kappa shape index (κ2) is 7.25. The van der Waals surface area contributed by atoms with E-state index in [1.807, 2.05) is 0 Å². The molecule has 9 nitrogen and oxygen atoms in total. The zero-order valence-electron chi connectivity index (χ0n) is 14.4. The summed E-state index contributed by atoms with van der Waals surface area (Å²) in [4.78, 5) is 10.8. The second-order valence-corrected chi connectivity index (χ2v) is 7.05. The van der Waals surface area contributed by atoms with E-state index in [1.165, 1.54) is 25.3 Å². The van der Waals surface area contributed by atoms with Crippen LogP contribution in [-0.4, -0.2) is 36.3 Å². The van der Waals surface area contributed by atoms with Gasteiger partial charge < -0.3 is 14.9 Å². The summed E-state index contributed by atoms with van der Waals surface area (Å²) in [7, 11) is -3.31. The highest BCUT2D eigenvalue weighted by atomic mass is 32.2. The van der Waals surface area contributed by atoms with Gasteiger partial charge in [0.15, 0.2) is 5.75 Å². The molecular weight excluding hydrogens is 388 g/mol. The Hall–Kier alpha value is -3.50. The van der Waals surface area contributed by atoms with Crippen molar-refractivity contribution in [3.05, 3.63) is 54.1 Å². The Morgan fingerprint density at radius 2 is 1.79 bits per heavy atom. The lowest BCUT2D eigenvalue weighted by atomic mass is 10.0. The number of benzene rings is 3. The maximum atomic E-state index is 11.6. The van der Waals surface area contributed by atoms with E-state index in [0.29, 0.717) is 10.8 Å². The molecule has 3 rings (SSSR count). The predicted octanol–water partition coefficient (Wildman–Crippen LogP) is 3.91. The van der Waals surface area contributed by atoms with Crippen LogP contribution in [0.1, 0.15) is 10.4 Å². The number of hydrogen-bond acceptors (Lipinski definition) is 7. The van der Waals surface area contributed by atoms with Gasteiger partial charge in [0.25, 0.3) is 10.1 Å². The molecule has 0 aliphatic carbocycles. The molecule has 3 aromatic rings. The number of azo groups is 1. The molecule has 0 unspecified atom stereocenters.